The van der Waals surface area contributed by atoms with E-state index in [0.29, 0.717) is 12.1 Å². The summed E-state index contributed by atoms with van der Waals surface area (Å²) < 4.78 is 0. The van der Waals surface area contributed by atoms with Crippen LogP contribution in [0.4, 0.5) is 0 Å². The molecule has 0 amide bonds. The molecule has 0 unspecified atom stereocenters. The Bertz CT molecular complexity index is 219. The summed E-state index contributed by atoms with van der Waals surface area (Å²) in [5, 5.41) is 8.78. The van der Waals surface area contributed by atoms with Crippen LogP contribution in [-0.4, -0.2) is 60.6 Å². The van der Waals surface area contributed by atoms with Gasteiger partial charge in [-0.05, 0) is 34.0 Å². The second-order valence-corrected chi connectivity index (χ2v) is 4.69. The SMILES string of the molecule is CN(C)[C@H]1CCCC[C@@H]1N(C)CC(=O)O. The first kappa shape index (κ1) is 12.5. The molecule has 1 rings (SSSR count). The van der Waals surface area contributed by atoms with Crippen LogP contribution < -0.4 is 0 Å². The second kappa shape index (κ2) is 5.47. The molecule has 4 nitrogen and oxygen atoms in total. The minimum absolute atomic E-state index is 0.148. The molecule has 15 heavy (non-hydrogen) atoms. The van der Waals surface area contributed by atoms with Crippen LogP contribution in [0.2, 0.25) is 0 Å². The lowest BCUT2D eigenvalue weighted by molar-refractivity contribution is -0.139. The Kier molecular flexibility index (Phi) is 4.54. The number of hydrogen-bond acceptors (Lipinski definition) is 3. The third kappa shape index (κ3) is 3.47. The molecular weight excluding hydrogens is 192 g/mol. The van der Waals surface area contributed by atoms with Crippen molar-refractivity contribution in [3.8, 4) is 0 Å². The van der Waals surface area contributed by atoms with E-state index in [0.717, 1.165) is 6.42 Å². The maximum absolute atomic E-state index is 10.7. The average Bonchev–Trinajstić information content (AvgIpc) is 2.16. The first-order chi connectivity index (χ1) is 7.02. The van der Waals surface area contributed by atoms with E-state index in [9.17, 15) is 4.79 Å². The van der Waals surface area contributed by atoms with E-state index in [1.807, 2.05) is 11.9 Å². The van der Waals surface area contributed by atoms with Gasteiger partial charge in [0, 0.05) is 12.1 Å². The van der Waals surface area contributed by atoms with Crippen LogP contribution in [0.5, 0.6) is 0 Å². The monoisotopic (exact) mass is 214 g/mol. The Balaban J connectivity index is 2.58. The lowest BCUT2D eigenvalue weighted by atomic mass is 9.88. The predicted molar refractivity (Wildman–Crippen MR) is 60.0 cm³/mol. The van der Waals surface area contributed by atoms with Crippen LogP contribution in [0.1, 0.15) is 25.7 Å². The predicted octanol–water partition coefficient (Wildman–Crippen LogP) is 0.876. The van der Waals surface area contributed by atoms with E-state index in [2.05, 4.69) is 19.0 Å². The molecule has 2 atom stereocenters. The molecule has 88 valence electrons. The fourth-order valence-corrected chi connectivity index (χ4v) is 2.54. The van der Waals surface area contributed by atoms with E-state index >= 15 is 0 Å². The summed E-state index contributed by atoms with van der Waals surface area (Å²) in [6, 6.07) is 0.896. The van der Waals surface area contributed by atoms with Crippen molar-refractivity contribution < 1.29 is 9.90 Å². The van der Waals surface area contributed by atoms with Gasteiger partial charge in [-0.25, -0.2) is 0 Å². The maximum Gasteiger partial charge on any atom is 0.317 e. The highest BCUT2D eigenvalue weighted by Gasteiger charge is 2.30. The zero-order valence-corrected chi connectivity index (χ0v) is 9.94. The minimum Gasteiger partial charge on any atom is -0.480 e. The number of hydrogen-bond donors (Lipinski definition) is 1. The van der Waals surface area contributed by atoms with E-state index in [1.54, 1.807) is 0 Å². The third-order valence-electron chi connectivity index (χ3n) is 3.31. The number of rotatable bonds is 4. The molecule has 0 aliphatic heterocycles. The summed E-state index contributed by atoms with van der Waals surface area (Å²) in [6.45, 7) is 0.148. The van der Waals surface area contributed by atoms with Gasteiger partial charge < -0.3 is 10.0 Å². The highest BCUT2D eigenvalue weighted by molar-refractivity contribution is 5.69. The zero-order valence-electron chi connectivity index (χ0n) is 9.94. The summed E-state index contributed by atoms with van der Waals surface area (Å²) in [6.07, 6.45) is 4.79. The maximum atomic E-state index is 10.7. The van der Waals surface area contributed by atoms with E-state index in [4.69, 9.17) is 5.11 Å². The smallest absolute Gasteiger partial charge is 0.317 e. The molecule has 1 saturated carbocycles. The van der Waals surface area contributed by atoms with Crippen molar-refractivity contribution in [1.29, 1.82) is 0 Å². The van der Waals surface area contributed by atoms with Crippen molar-refractivity contribution in [2.75, 3.05) is 27.7 Å². The summed E-state index contributed by atoms with van der Waals surface area (Å²) in [5.74, 6) is -0.736. The number of nitrogens with zero attached hydrogens (tertiary/aromatic N) is 2. The number of carboxylic acid groups (broad SMARTS) is 1. The first-order valence-corrected chi connectivity index (χ1v) is 5.61. The quantitative estimate of drug-likeness (QED) is 0.754. The van der Waals surface area contributed by atoms with Crippen LogP contribution in [0.25, 0.3) is 0 Å². The van der Waals surface area contributed by atoms with Gasteiger partial charge in [0.15, 0.2) is 0 Å². The van der Waals surface area contributed by atoms with Gasteiger partial charge in [0.2, 0.25) is 0 Å². The molecule has 0 aromatic heterocycles. The molecule has 0 aromatic rings. The average molecular weight is 214 g/mol. The second-order valence-electron chi connectivity index (χ2n) is 4.69. The van der Waals surface area contributed by atoms with Crippen molar-refractivity contribution in [1.82, 2.24) is 9.80 Å². The molecule has 1 aliphatic carbocycles. The molecule has 4 heteroatoms. The Hall–Kier alpha value is -0.610. The molecule has 1 N–H and O–H groups in total. The molecular formula is C11H22N2O2. The van der Waals surface area contributed by atoms with Crippen LogP contribution >= 0.6 is 0 Å². The largest absolute Gasteiger partial charge is 0.480 e. The van der Waals surface area contributed by atoms with E-state index in [-0.39, 0.29) is 6.54 Å². The summed E-state index contributed by atoms with van der Waals surface area (Å²) in [7, 11) is 6.08. The minimum atomic E-state index is -0.736. The van der Waals surface area contributed by atoms with Crippen LogP contribution in [0.15, 0.2) is 0 Å². The number of carbonyl (C=O) groups is 1. The Labute approximate surface area is 91.9 Å². The highest BCUT2D eigenvalue weighted by Crippen LogP contribution is 2.25. The number of likely N-dealkylation sites (N-methyl/N-ethyl adjacent to an activating group) is 2. The van der Waals surface area contributed by atoms with Crippen molar-refractivity contribution >= 4 is 5.97 Å². The number of aliphatic carboxylic acids is 1. The Morgan fingerprint density at radius 2 is 1.73 bits per heavy atom. The van der Waals surface area contributed by atoms with Gasteiger partial charge in [0.1, 0.15) is 0 Å². The highest BCUT2D eigenvalue weighted by atomic mass is 16.4. The Morgan fingerprint density at radius 3 is 2.20 bits per heavy atom. The fourth-order valence-electron chi connectivity index (χ4n) is 2.54. The summed E-state index contributed by atoms with van der Waals surface area (Å²) >= 11 is 0. The normalized spacial score (nSPS) is 27.3. The van der Waals surface area contributed by atoms with Gasteiger partial charge in [-0.2, -0.15) is 0 Å². The number of carboxylic acids is 1. The molecule has 0 radical (unpaired) electrons. The van der Waals surface area contributed by atoms with E-state index < -0.39 is 5.97 Å². The van der Waals surface area contributed by atoms with Gasteiger partial charge in [-0.15, -0.1) is 0 Å². The lowest BCUT2D eigenvalue weighted by Crippen LogP contribution is -2.51. The van der Waals surface area contributed by atoms with Crippen LogP contribution in [0.3, 0.4) is 0 Å². The van der Waals surface area contributed by atoms with Gasteiger partial charge in [0.25, 0.3) is 0 Å². The third-order valence-corrected chi connectivity index (χ3v) is 3.31. The standard InChI is InChI=1S/C11H22N2O2/c1-12(2)9-6-4-5-7-10(9)13(3)8-11(14)15/h9-10H,4-8H2,1-3H3,(H,14,15)/t9-,10-/m0/s1. The van der Waals surface area contributed by atoms with Gasteiger partial charge in [-0.1, -0.05) is 12.8 Å². The lowest BCUT2D eigenvalue weighted by Gasteiger charge is -2.40. The molecule has 1 aliphatic rings. The molecule has 1 fully saturated rings. The van der Waals surface area contributed by atoms with Crippen LogP contribution in [-0.2, 0) is 4.79 Å². The van der Waals surface area contributed by atoms with Crippen molar-refractivity contribution in [2.24, 2.45) is 0 Å². The van der Waals surface area contributed by atoms with Crippen LogP contribution in [0, 0.1) is 0 Å². The first-order valence-electron chi connectivity index (χ1n) is 5.61. The van der Waals surface area contributed by atoms with Gasteiger partial charge >= 0.3 is 5.97 Å². The molecule has 0 bridgehead atoms. The van der Waals surface area contributed by atoms with Gasteiger partial charge in [0.05, 0.1) is 6.54 Å². The van der Waals surface area contributed by atoms with Crippen molar-refractivity contribution in [2.45, 2.75) is 37.8 Å². The molecule has 0 spiro atoms. The summed E-state index contributed by atoms with van der Waals surface area (Å²) in [4.78, 5) is 14.9. The molecule has 0 heterocycles. The van der Waals surface area contributed by atoms with Gasteiger partial charge in [-0.3, -0.25) is 9.69 Å². The topological polar surface area (TPSA) is 43.8 Å². The summed E-state index contributed by atoms with van der Waals surface area (Å²) in [5.41, 5.74) is 0. The fraction of sp³-hybridized carbons (Fsp3) is 0.909. The Morgan fingerprint density at radius 1 is 1.20 bits per heavy atom. The van der Waals surface area contributed by atoms with Crippen molar-refractivity contribution in [3.63, 3.8) is 0 Å². The van der Waals surface area contributed by atoms with Crippen molar-refractivity contribution in [3.05, 3.63) is 0 Å². The zero-order chi connectivity index (χ0) is 11.4. The molecule has 0 aromatic carbocycles. The van der Waals surface area contributed by atoms with E-state index in [1.165, 1.54) is 19.3 Å². The molecule has 0 saturated heterocycles.